The molecule has 0 bridgehead atoms. The minimum Gasteiger partial charge on any atom is -0.207 e. The van der Waals surface area contributed by atoms with E-state index in [4.69, 9.17) is 0 Å². The second-order valence-electron chi connectivity index (χ2n) is 2.38. The number of benzene rings is 1. The molecule has 0 aromatic heterocycles. The lowest BCUT2D eigenvalue weighted by Gasteiger charge is -1.94. The predicted molar refractivity (Wildman–Crippen MR) is 52.6 cm³/mol. The third kappa shape index (κ3) is 4.08. The van der Waals surface area contributed by atoms with Gasteiger partial charge >= 0.3 is 20.4 Å². The molecule has 0 heterocycles. The summed E-state index contributed by atoms with van der Waals surface area (Å²) in [5.41, 5.74) is 0. The van der Waals surface area contributed by atoms with Crippen molar-refractivity contribution < 1.29 is 4.39 Å². The standard InChI is InChI=1S/C6H4F.C2H5.BrH.Mg/c7-6-4-2-1-3-5-6;1-2;;/h1-2,4-5H;1H2,2H3;1H;. The van der Waals surface area contributed by atoms with Gasteiger partial charge in [-0.2, -0.15) is 3.69 Å². The molecule has 1 rings (SSSR count). The predicted octanol–water partition coefficient (Wildman–Crippen LogP) is 2.17. The van der Waals surface area contributed by atoms with E-state index in [1.54, 1.807) is 12.1 Å². The van der Waals surface area contributed by atoms with Gasteiger partial charge in [0.15, 0.2) is 0 Å². The molecule has 11 heavy (non-hydrogen) atoms. The van der Waals surface area contributed by atoms with Crippen molar-refractivity contribution in [2.24, 2.45) is 0 Å². The number of halogens is 2. The Labute approximate surface area is 86.7 Å². The van der Waals surface area contributed by atoms with E-state index in [0.29, 0.717) is 0 Å². The highest BCUT2D eigenvalue weighted by atomic mass is 79.9. The Kier molecular flexibility index (Phi) is 6.19. The van der Waals surface area contributed by atoms with Crippen molar-refractivity contribution in [1.29, 1.82) is 0 Å². The summed E-state index contributed by atoms with van der Waals surface area (Å²) in [5.74, 6) is -0.0987. The summed E-state index contributed by atoms with van der Waals surface area (Å²) in [4.78, 5) is 0. The Morgan fingerprint density at radius 3 is 2.73 bits per heavy atom. The minimum absolute atomic E-state index is 0. The fraction of sp³-hybridized carbons (Fsp3) is 0.250. The first kappa shape index (κ1) is 11.4. The zero-order chi connectivity index (χ0) is 7.40. The molecule has 3 heteroatoms. The number of rotatable bonds is 2. The number of hydrogen-bond acceptors (Lipinski definition) is 0. The summed E-state index contributed by atoms with van der Waals surface area (Å²) in [6.07, 6.45) is 0. The average molecular weight is 229 g/mol. The third-order valence-electron chi connectivity index (χ3n) is 1.43. The zero-order valence-electron chi connectivity index (χ0n) is 6.51. The van der Waals surface area contributed by atoms with E-state index in [2.05, 4.69) is 6.92 Å². The van der Waals surface area contributed by atoms with Crippen LogP contribution in [0, 0.1) is 5.82 Å². The van der Waals surface area contributed by atoms with Gasteiger partial charge in [-0.25, -0.2) is 4.39 Å². The normalized spacial score (nSPS) is 8.18. The van der Waals surface area contributed by atoms with Gasteiger partial charge in [0.25, 0.3) is 0 Å². The van der Waals surface area contributed by atoms with Crippen LogP contribution in [0.4, 0.5) is 4.39 Å². The number of hydrogen-bond donors (Lipinski definition) is 0. The van der Waals surface area contributed by atoms with Crippen molar-refractivity contribution in [3.63, 3.8) is 0 Å². The molecule has 0 saturated heterocycles. The first-order chi connectivity index (χ1) is 4.83. The van der Waals surface area contributed by atoms with Crippen molar-refractivity contribution in [2.45, 2.75) is 11.5 Å². The van der Waals surface area contributed by atoms with E-state index in [1.165, 1.54) is 14.3 Å². The molecule has 0 fully saturated rings. The molecule has 0 amide bonds. The summed E-state index contributed by atoms with van der Waals surface area (Å²) < 4.78 is 14.9. The first-order valence-electron chi connectivity index (χ1n) is 3.57. The highest BCUT2D eigenvalue weighted by Crippen LogP contribution is 1.92. The summed E-state index contributed by atoms with van der Waals surface area (Å²) >= 11 is -0.162. The molecule has 58 valence electrons. The van der Waals surface area contributed by atoms with E-state index in [0.717, 1.165) is 0 Å². The van der Waals surface area contributed by atoms with E-state index >= 15 is 0 Å². The summed E-state index contributed by atoms with van der Waals surface area (Å²) in [5, 5.41) is 0. The topological polar surface area (TPSA) is 0 Å². The molecule has 0 N–H and O–H groups in total. The fourth-order valence-corrected chi connectivity index (χ4v) is 2.20. The molecular formula is C8H10BrFMg. The highest BCUT2D eigenvalue weighted by molar-refractivity contribution is 8.93. The molecule has 0 nitrogen and oxygen atoms in total. The fourth-order valence-electron chi connectivity index (χ4n) is 0.981. The van der Waals surface area contributed by atoms with Crippen molar-refractivity contribution in [1.82, 2.24) is 0 Å². The van der Waals surface area contributed by atoms with Crippen LogP contribution >= 0.6 is 17.0 Å². The van der Waals surface area contributed by atoms with Crippen LogP contribution in [0.1, 0.15) is 6.92 Å². The van der Waals surface area contributed by atoms with Gasteiger partial charge in [0.2, 0.25) is 0 Å². The maximum Gasteiger partial charge on any atom is 0.408 e. The van der Waals surface area contributed by atoms with Crippen LogP contribution in [0.25, 0.3) is 0 Å². The smallest absolute Gasteiger partial charge is 0.207 e. The summed E-state index contributed by atoms with van der Waals surface area (Å²) in [6.45, 7) is 2.15. The molecule has 0 aliphatic rings. The van der Waals surface area contributed by atoms with Crippen molar-refractivity contribution in [3.05, 3.63) is 30.1 Å². The first-order valence-corrected chi connectivity index (χ1v) is 5.28. The van der Waals surface area contributed by atoms with Gasteiger partial charge in [-0.1, -0.05) is 25.1 Å². The van der Waals surface area contributed by atoms with E-state index in [1.807, 2.05) is 6.07 Å². The average Bonchev–Trinajstić information content (AvgIpc) is 1.88. The molecule has 0 aliphatic carbocycles. The quantitative estimate of drug-likeness (QED) is 0.682. The Balaban J connectivity index is 0.000001000. The van der Waals surface area contributed by atoms with Crippen LogP contribution in [0.5, 0.6) is 0 Å². The Bertz CT molecular complexity index is 215. The van der Waals surface area contributed by atoms with Crippen molar-refractivity contribution in [3.8, 4) is 0 Å². The van der Waals surface area contributed by atoms with Crippen LogP contribution < -0.4 is 3.69 Å². The lowest BCUT2D eigenvalue weighted by molar-refractivity contribution is 0.629. The van der Waals surface area contributed by atoms with E-state index in [9.17, 15) is 4.39 Å². The van der Waals surface area contributed by atoms with E-state index < -0.39 is 0 Å². The van der Waals surface area contributed by atoms with Gasteiger partial charge < -0.3 is 0 Å². The summed E-state index contributed by atoms with van der Waals surface area (Å²) in [7, 11) is 0. The molecule has 1 aromatic carbocycles. The van der Waals surface area contributed by atoms with Crippen molar-refractivity contribution in [2.75, 3.05) is 0 Å². The molecule has 0 radical (unpaired) electrons. The Morgan fingerprint density at radius 2 is 2.18 bits per heavy atom. The second-order valence-corrected chi connectivity index (χ2v) is 4.70. The van der Waals surface area contributed by atoms with E-state index in [-0.39, 0.29) is 43.2 Å². The maximum absolute atomic E-state index is 12.5. The van der Waals surface area contributed by atoms with Gasteiger partial charge in [0.05, 0.1) is 0 Å². The van der Waals surface area contributed by atoms with Crippen molar-refractivity contribution >= 4 is 41.0 Å². The minimum atomic E-state index is -0.162. The Hall–Kier alpha value is 0.396. The molecule has 0 unspecified atom stereocenters. The molecule has 0 atom stereocenters. The van der Waals surface area contributed by atoms with Crippen LogP contribution in [0.3, 0.4) is 0 Å². The molecule has 1 aromatic rings. The van der Waals surface area contributed by atoms with Crippen LogP contribution in [-0.4, -0.2) is 20.4 Å². The van der Waals surface area contributed by atoms with Gasteiger partial charge in [-0.05, 0) is 6.07 Å². The highest BCUT2D eigenvalue weighted by Gasteiger charge is 1.95. The zero-order valence-corrected chi connectivity index (χ0v) is 9.64. The van der Waals surface area contributed by atoms with Crippen LogP contribution in [-0.2, 0) is 0 Å². The lowest BCUT2D eigenvalue weighted by atomic mass is 10.3. The maximum atomic E-state index is 12.5. The van der Waals surface area contributed by atoms with Gasteiger partial charge in [-0.15, -0.1) is 21.5 Å². The monoisotopic (exact) mass is 228 g/mol. The summed E-state index contributed by atoms with van der Waals surface area (Å²) in [6, 6.07) is 6.94. The molecule has 0 aliphatic heterocycles. The van der Waals surface area contributed by atoms with Gasteiger partial charge in [0.1, 0.15) is 5.82 Å². The molecular weight excluding hydrogens is 219 g/mol. The molecule has 0 spiro atoms. The van der Waals surface area contributed by atoms with Crippen LogP contribution in [0.2, 0.25) is 4.55 Å². The largest absolute Gasteiger partial charge is 0.408 e. The second kappa shape index (κ2) is 5.97. The van der Waals surface area contributed by atoms with Gasteiger partial charge in [0, 0.05) is 0 Å². The molecule has 0 saturated carbocycles. The Morgan fingerprint density at radius 1 is 1.45 bits per heavy atom. The lowest BCUT2D eigenvalue weighted by Crippen LogP contribution is -2.12. The third-order valence-corrected chi connectivity index (χ3v) is 2.94. The van der Waals surface area contributed by atoms with Gasteiger partial charge in [-0.3, -0.25) is 0 Å². The SMILES string of the molecule is Br.C[CH2][Mg][c]1cccc(F)c1. The van der Waals surface area contributed by atoms with Crippen LogP contribution in [0.15, 0.2) is 24.3 Å².